The van der Waals surface area contributed by atoms with Crippen LogP contribution < -0.4 is 0 Å². The second-order valence-corrected chi connectivity index (χ2v) is 7.06. The minimum absolute atomic E-state index is 0.976. The first-order valence-electron chi connectivity index (χ1n) is 9.55. The molecule has 1 heteroatoms. The zero-order valence-corrected chi connectivity index (χ0v) is 14.3. The van der Waals surface area contributed by atoms with Crippen LogP contribution in [-0.2, 0) is 0 Å². The molecule has 1 rings (SSSR count). The van der Waals surface area contributed by atoms with E-state index >= 15 is 0 Å². The SMILES string of the molecule is CCCCCCCCCCCCCN1CCC(C)CC1. The highest BCUT2D eigenvalue weighted by Gasteiger charge is 2.14. The highest BCUT2D eigenvalue weighted by atomic mass is 15.1. The molecular formula is C19H39N. The summed E-state index contributed by atoms with van der Waals surface area (Å²) in [6, 6.07) is 0. The first-order valence-corrected chi connectivity index (χ1v) is 9.55. The van der Waals surface area contributed by atoms with Crippen molar-refractivity contribution >= 4 is 0 Å². The molecule has 1 nitrogen and oxygen atoms in total. The third kappa shape index (κ3) is 9.80. The van der Waals surface area contributed by atoms with E-state index in [0.717, 1.165) is 5.92 Å². The van der Waals surface area contributed by atoms with Crippen molar-refractivity contribution in [2.45, 2.75) is 97.3 Å². The van der Waals surface area contributed by atoms with Gasteiger partial charge in [0.25, 0.3) is 0 Å². The molecule has 1 fully saturated rings. The van der Waals surface area contributed by atoms with Gasteiger partial charge in [-0.15, -0.1) is 0 Å². The molecule has 0 unspecified atom stereocenters. The number of hydrogen-bond donors (Lipinski definition) is 0. The summed E-state index contributed by atoms with van der Waals surface area (Å²) in [6.07, 6.45) is 18.9. The van der Waals surface area contributed by atoms with E-state index in [1.165, 1.54) is 103 Å². The van der Waals surface area contributed by atoms with Crippen LogP contribution in [0.1, 0.15) is 97.3 Å². The molecule has 0 aliphatic carbocycles. The largest absolute Gasteiger partial charge is 0.303 e. The minimum Gasteiger partial charge on any atom is -0.303 e. The van der Waals surface area contributed by atoms with Gasteiger partial charge in [-0.2, -0.15) is 0 Å². The molecule has 1 heterocycles. The lowest BCUT2D eigenvalue weighted by atomic mass is 9.99. The Balaban J connectivity index is 1.74. The molecule has 0 amide bonds. The lowest BCUT2D eigenvalue weighted by Gasteiger charge is -2.30. The monoisotopic (exact) mass is 281 g/mol. The summed E-state index contributed by atoms with van der Waals surface area (Å²) in [7, 11) is 0. The molecule has 0 aromatic carbocycles. The summed E-state index contributed by atoms with van der Waals surface area (Å²) < 4.78 is 0. The molecule has 0 aromatic heterocycles. The predicted octanol–water partition coefficient (Wildman–Crippen LogP) is 6.03. The number of likely N-dealkylation sites (tertiary alicyclic amines) is 1. The number of hydrogen-bond acceptors (Lipinski definition) is 1. The van der Waals surface area contributed by atoms with Crippen LogP contribution in [0, 0.1) is 5.92 Å². The molecule has 120 valence electrons. The van der Waals surface area contributed by atoms with Crippen LogP contribution in [0.2, 0.25) is 0 Å². The zero-order valence-electron chi connectivity index (χ0n) is 14.3. The highest BCUT2D eigenvalue weighted by Crippen LogP contribution is 2.17. The van der Waals surface area contributed by atoms with Crippen molar-refractivity contribution in [1.82, 2.24) is 4.90 Å². The fourth-order valence-corrected chi connectivity index (χ4v) is 3.29. The van der Waals surface area contributed by atoms with E-state index in [4.69, 9.17) is 0 Å². The molecule has 0 spiro atoms. The second-order valence-electron chi connectivity index (χ2n) is 7.06. The fraction of sp³-hybridized carbons (Fsp3) is 1.00. The van der Waals surface area contributed by atoms with E-state index in [2.05, 4.69) is 18.7 Å². The van der Waals surface area contributed by atoms with Crippen LogP contribution in [0.25, 0.3) is 0 Å². The first-order chi connectivity index (χ1) is 9.83. The van der Waals surface area contributed by atoms with Gasteiger partial charge in [-0.1, -0.05) is 78.1 Å². The van der Waals surface area contributed by atoms with Gasteiger partial charge in [0.15, 0.2) is 0 Å². The standard InChI is InChI=1S/C19H39N/c1-3-4-5-6-7-8-9-10-11-12-13-16-20-17-14-19(2)15-18-20/h19H,3-18H2,1-2H3. The Morgan fingerprint density at radius 1 is 0.700 bits per heavy atom. The smallest absolute Gasteiger partial charge is 0.00162 e. The molecule has 0 radical (unpaired) electrons. The Hall–Kier alpha value is -0.0400. The summed E-state index contributed by atoms with van der Waals surface area (Å²) in [5, 5.41) is 0. The Morgan fingerprint density at radius 2 is 1.15 bits per heavy atom. The lowest BCUT2D eigenvalue weighted by molar-refractivity contribution is 0.189. The molecule has 20 heavy (non-hydrogen) atoms. The third-order valence-corrected chi connectivity index (χ3v) is 4.95. The Kier molecular flexibility index (Phi) is 11.4. The summed E-state index contributed by atoms with van der Waals surface area (Å²) >= 11 is 0. The topological polar surface area (TPSA) is 3.24 Å². The predicted molar refractivity (Wildman–Crippen MR) is 91.3 cm³/mol. The van der Waals surface area contributed by atoms with E-state index in [-0.39, 0.29) is 0 Å². The van der Waals surface area contributed by atoms with Gasteiger partial charge in [-0.25, -0.2) is 0 Å². The number of nitrogens with zero attached hydrogens (tertiary/aromatic N) is 1. The Morgan fingerprint density at radius 3 is 1.65 bits per heavy atom. The summed E-state index contributed by atoms with van der Waals surface area (Å²) in [5.74, 6) is 0.976. The minimum atomic E-state index is 0.976. The number of rotatable bonds is 12. The molecule has 0 N–H and O–H groups in total. The van der Waals surface area contributed by atoms with Crippen LogP contribution >= 0.6 is 0 Å². The molecule has 0 aromatic rings. The maximum absolute atomic E-state index is 2.69. The van der Waals surface area contributed by atoms with Gasteiger partial charge in [0.05, 0.1) is 0 Å². The Bertz CT molecular complexity index is 194. The van der Waals surface area contributed by atoms with Gasteiger partial charge in [0.1, 0.15) is 0 Å². The van der Waals surface area contributed by atoms with Crippen LogP contribution in [0.4, 0.5) is 0 Å². The highest BCUT2D eigenvalue weighted by molar-refractivity contribution is 4.69. The average molecular weight is 282 g/mol. The second kappa shape index (κ2) is 12.7. The van der Waals surface area contributed by atoms with E-state index in [1.807, 2.05) is 0 Å². The van der Waals surface area contributed by atoms with Crippen LogP contribution in [0.5, 0.6) is 0 Å². The third-order valence-electron chi connectivity index (χ3n) is 4.95. The summed E-state index contributed by atoms with van der Waals surface area (Å²) in [5.41, 5.74) is 0. The number of piperidine rings is 1. The lowest BCUT2D eigenvalue weighted by Crippen LogP contribution is -2.33. The molecule has 1 saturated heterocycles. The van der Waals surface area contributed by atoms with Crippen molar-refractivity contribution in [2.75, 3.05) is 19.6 Å². The molecule has 0 saturated carbocycles. The molecule has 0 bridgehead atoms. The molecule has 1 aliphatic heterocycles. The molecule has 0 atom stereocenters. The van der Waals surface area contributed by atoms with Crippen LogP contribution in [0.15, 0.2) is 0 Å². The fourth-order valence-electron chi connectivity index (χ4n) is 3.29. The van der Waals surface area contributed by atoms with Crippen molar-refractivity contribution in [3.8, 4) is 0 Å². The number of unbranched alkanes of at least 4 members (excludes halogenated alkanes) is 10. The normalized spacial score (nSPS) is 17.7. The van der Waals surface area contributed by atoms with Gasteiger partial charge in [0, 0.05) is 0 Å². The maximum atomic E-state index is 2.69. The van der Waals surface area contributed by atoms with E-state index in [0.29, 0.717) is 0 Å². The summed E-state index contributed by atoms with van der Waals surface area (Å²) in [6.45, 7) is 8.78. The molecular weight excluding hydrogens is 242 g/mol. The van der Waals surface area contributed by atoms with Crippen LogP contribution in [0.3, 0.4) is 0 Å². The average Bonchev–Trinajstić information content (AvgIpc) is 2.47. The first kappa shape index (κ1) is 18.0. The van der Waals surface area contributed by atoms with E-state index < -0.39 is 0 Å². The van der Waals surface area contributed by atoms with Crippen molar-refractivity contribution in [3.05, 3.63) is 0 Å². The van der Waals surface area contributed by atoms with Crippen LogP contribution in [-0.4, -0.2) is 24.5 Å². The van der Waals surface area contributed by atoms with Gasteiger partial charge in [-0.05, 0) is 44.8 Å². The van der Waals surface area contributed by atoms with E-state index in [1.54, 1.807) is 0 Å². The van der Waals surface area contributed by atoms with Gasteiger partial charge in [0.2, 0.25) is 0 Å². The Labute approximate surface area is 128 Å². The van der Waals surface area contributed by atoms with Gasteiger partial charge >= 0.3 is 0 Å². The van der Waals surface area contributed by atoms with Crippen molar-refractivity contribution in [3.63, 3.8) is 0 Å². The molecule has 1 aliphatic rings. The quantitative estimate of drug-likeness (QED) is 0.395. The maximum Gasteiger partial charge on any atom is -0.00162 e. The van der Waals surface area contributed by atoms with Crippen molar-refractivity contribution in [1.29, 1.82) is 0 Å². The summed E-state index contributed by atoms with van der Waals surface area (Å²) in [4.78, 5) is 2.69. The van der Waals surface area contributed by atoms with E-state index in [9.17, 15) is 0 Å². The van der Waals surface area contributed by atoms with Crippen molar-refractivity contribution < 1.29 is 0 Å². The van der Waals surface area contributed by atoms with Gasteiger partial charge < -0.3 is 4.90 Å². The van der Waals surface area contributed by atoms with Gasteiger partial charge in [-0.3, -0.25) is 0 Å². The van der Waals surface area contributed by atoms with Crippen molar-refractivity contribution in [2.24, 2.45) is 5.92 Å². The zero-order chi connectivity index (χ0) is 14.5.